The molecule has 4 nitrogen and oxygen atoms in total. The van der Waals surface area contributed by atoms with E-state index in [0.717, 1.165) is 27.7 Å². The molecule has 0 aliphatic carbocycles. The molecule has 0 saturated carbocycles. The quantitative estimate of drug-likeness (QED) is 0.644. The SMILES string of the molecule is Nc1cc(Br)c(OCCCn2ccnc2)c(Br)c1. The van der Waals surface area contributed by atoms with Crippen LogP contribution in [0.2, 0.25) is 0 Å². The number of nitrogens with two attached hydrogens (primary N) is 1. The smallest absolute Gasteiger partial charge is 0.147 e. The largest absolute Gasteiger partial charge is 0.491 e. The highest BCUT2D eigenvalue weighted by Crippen LogP contribution is 2.35. The third-order valence-corrected chi connectivity index (χ3v) is 3.56. The maximum absolute atomic E-state index is 5.74. The molecule has 0 aliphatic heterocycles. The molecule has 0 atom stereocenters. The highest BCUT2D eigenvalue weighted by atomic mass is 79.9. The lowest BCUT2D eigenvalue weighted by Crippen LogP contribution is -2.04. The number of hydrogen-bond donors (Lipinski definition) is 1. The number of nitrogens with zero attached hydrogens (tertiary/aromatic N) is 2. The van der Waals surface area contributed by atoms with Gasteiger partial charge in [-0.1, -0.05) is 0 Å². The van der Waals surface area contributed by atoms with Gasteiger partial charge in [-0.05, 0) is 50.4 Å². The molecule has 2 aromatic rings. The van der Waals surface area contributed by atoms with Crippen LogP contribution < -0.4 is 10.5 Å². The molecule has 2 rings (SSSR count). The summed E-state index contributed by atoms with van der Waals surface area (Å²) in [6.07, 6.45) is 6.43. The Labute approximate surface area is 122 Å². The van der Waals surface area contributed by atoms with Crippen molar-refractivity contribution in [2.45, 2.75) is 13.0 Å². The molecule has 6 heteroatoms. The van der Waals surface area contributed by atoms with Crippen LogP contribution in [0.3, 0.4) is 0 Å². The highest BCUT2D eigenvalue weighted by molar-refractivity contribution is 9.11. The Morgan fingerprint density at radius 2 is 2.00 bits per heavy atom. The first-order chi connectivity index (χ1) is 8.66. The first-order valence-corrected chi connectivity index (χ1v) is 7.08. The van der Waals surface area contributed by atoms with E-state index in [2.05, 4.69) is 36.8 Å². The summed E-state index contributed by atoms with van der Waals surface area (Å²) in [6.45, 7) is 1.53. The van der Waals surface area contributed by atoms with E-state index in [1.165, 1.54) is 0 Å². The van der Waals surface area contributed by atoms with Crippen LogP contribution in [0.4, 0.5) is 5.69 Å². The topological polar surface area (TPSA) is 53.1 Å². The molecule has 1 aromatic carbocycles. The minimum absolute atomic E-state index is 0.638. The van der Waals surface area contributed by atoms with E-state index in [-0.39, 0.29) is 0 Å². The molecule has 0 aliphatic rings. The Balaban J connectivity index is 1.87. The van der Waals surface area contributed by atoms with Crippen molar-refractivity contribution < 1.29 is 4.74 Å². The second-order valence-corrected chi connectivity index (χ2v) is 5.52. The lowest BCUT2D eigenvalue weighted by molar-refractivity contribution is 0.298. The number of halogens is 2. The Kier molecular flexibility index (Phi) is 4.66. The van der Waals surface area contributed by atoms with Crippen molar-refractivity contribution in [3.8, 4) is 5.75 Å². The van der Waals surface area contributed by atoms with Crippen molar-refractivity contribution in [2.75, 3.05) is 12.3 Å². The van der Waals surface area contributed by atoms with Gasteiger partial charge in [-0.15, -0.1) is 0 Å². The van der Waals surface area contributed by atoms with E-state index < -0.39 is 0 Å². The summed E-state index contributed by atoms with van der Waals surface area (Å²) in [5, 5.41) is 0. The van der Waals surface area contributed by atoms with E-state index in [4.69, 9.17) is 10.5 Å². The summed E-state index contributed by atoms with van der Waals surface area (Å²) in [5.74, 6) is 0.787. The molecule has 1 heterocycles. The van der Waals surface area contributed by atoms with Crippen molar-refractivity contribution in [3.05, 3.63) is 39.8 Å². The van der Waals surface area contributed by atoms with Crippen LogP contribution >= 0.6 is 31.9 Å². The van der Waals surface area contributed by atoms with Gasteiger partial charge in [-0.3, -0.25) is 0 Å². The second-order valence-electron chi connectivity index (χ2n) is 3.82. The van der Waals surface area contributed by atoms with Crippen LogP contribution in [-0.2, 0) is 6.54 Å². The van der Waals surface area contributed by atoms with E-state index >= 15 is 0 Å². The zero-order valence-electron chi connectivity index (χ0n) is 9.64. The van der Waals surface area contributed by atoms with Crippen LogP contribution in [0.5, 0.6) is 5.75 Å². The van der Waals surface area contributed by atoms with E-state index in [1.54, 1.807) is 12.5 Å². The molecule has 0 spiro atoms. The van der Waals surface area contributed by atoms with Gasteiger partial charge in [0.15, 0.2) is 0 Å². The van der Waals surface area contributed by atoms with Crippen LogP contribution in [-0.4, -0.2) is 16.2 Å². The molecule has 0 amide bonds. The molecule has 2 N–H and O–H groups in total. The van der Waals surface area contributed by atoms with E-state index in [0.29, 0.717) is 12.3 Å². The average molecular weight is 375 g/mol. The summed E-state index contributed by atoms with van der Waals surface area (Å²) in [7, 11) is 0. The zero-order valence-corrected chi connectivity index (χ0v) is 12.8. The lowest BCUT2D eigenvalue weighted by Gasteiger charge is -2.11. The van der Waals surface area contributed by atoms with Gasteiger partial charge in [0.2, 0.25) is 0 Å². The normalized spacial score (nSPS) is 10.6. The number of hydrogen-bond acceptors (Lipinski definition) is 3. The van der Waals surface area contributed by atoms with Gasteiger partial charge in [0.25, 0.3) is 0 Å². The minimum atomic E-state index is 0.638. The second kappa shape index (κ2) is 6.24. The molecule has 0 bridgehead atoms. The predicted octanol–water partition coefficient (Wildman–Crippen LogP) is 3.46. The monoisotopic (exact) mass is 373 g/mol. The van der Waals surface area contributed by atoms with Crippen molar-refractivity contribution in [1.82, 2.24) is 9.55 Å². The average Bonchev–Trinajstić information content (AvgIpc) is 2.79. The van der Waals surface area contributed by atoms with Crippen molar-refractivity contribution >= 4 is 37.5 Å². The summed E-state index contributed by atoms with van der Waals surface area (Å²) in [6, 6.07) is 3.66. The number of ether oxygens (including phenoxy) is 1. The van der Waals surface area contributed by atoms with Gasteiger partial charge in [-0.25, -0.2) is 4.98 Å². The van der Waals surface area contributed by atoms with Gasteiger partial charge in [0.05, 0.1) is 21.9 Å². The minimum Gasteiger partial charge on any atom is -0.491 e. The molecular weight excluding hydrogens is 362 g/mol. The molecule has 0 saturated heterocycles. The molecule has 0 unspecified atom stereocenters. The lowest BCUT2D eigenvalue weighted by atomic mass is 10.3. The van der Waals surface area contributed by atoms with E-state index in [9.17, 15) is 0 Å². The zero-order chi connectivity index (χ0) is 13.0. The van der Waals surface area contributed by atoms with Gasteiger partial charge in [-0.2, -0.15) is 0 Å². The van der Waals surface area contributed by atoms with E-state index in [1.807, 2.05) is 22.9 Å². The van der Waals surface area contributed by atoms with Crippen LogP contribution in [0, 0.1) is 0 Å². The third kappa shape index (κ3) is 3.49. The number of anilines is 1. The first-order valence-electron chi connectivity index (χ1n) is 5.50. The summed E-state index contributed by atoms with van der Waals surface area (Å²) < 4.78 is 9.48. The summed E-state index contributed by atoms with van der Waals surface area (Å²) >= 11 is 6.88. The van der Waals surface area contributed by atoms with Crippen LogP contribution in [0.1, 0.15) is 6.42 Å². The van der Waals surface area contributed by atoms with Crippen molar-refractivity contribution in [2.24, 2.45) is 0 Å². The highest BCUT2D eigenvalue weighted by Gasteiger charge is 2.07. The van der Waals surface area contributed by atoms with Crippen molar-refractivity contribution in [1.29, 1.82) is 0 Å². The molecular formula is C12H13Br2N3O. The molecule has 96 valence electrons. The summed E-state index contributed by atoms with van der Waals surface area (Å²) in [4.78, 5) is 3.99. The Hall–Kier alpha value is -1.01. The fourth-order valence-electron chi connectivity index (χ4n) is 1.56. The van der Waals surface area contributed by atoms with Gasteiger partial charge in [0.1, 0.15) is 5.75 Å². The fraction of sp³-hybridized carbons (Fsp3) is 0.250. The number of imidazole rings is 1. The maximum atomic E-state index is 5.74. The van der Waals surface area contributed by atoms with Crippen molar-refractivity contribution in [3.63, 3.8) is 0 Å². The summed E-state index contributed by atoms with van der Waals surface area (Å²) in [5.41, 5.74) is 6.42. The number of aromatic nitrogens is 2. The molecule has 0 radical (unpaired) electrons. The number of rotatable bonds is 5. The Morgan fingerprint density at radius 3 is 2.61 bits per heavy atom. The fourth-order valence-corrected chi connectivity index (χ4v) is 3.01. The molecule has 18 heavy (non-hydrogen) atoms. The van der Waals surface area contributed by atoms with Gasteiger partial charge >= 0.3 is 0 Å². The molecule has 1 aromatic heterocycles. The Bertz CT molecular complexity index is 491. The van der Waals surface area contributed by atoms with Crippen LogP contribution in [0.25, 0.3) is 0 Å². The number of aryl methyl sites for hydroxylation is 1. The number of benzene rings is 1. The third-order valence-electron chi connectivity index (χ3n) is 2.39. The maximum Gasteiger partial charge on any atom is 0.147 e. The Morgan fingerprint density at radius 1 is 1.28 bits per heavy atom. The van der Waals surface area contributed by atoms with Gasteiger partial charge < -0.3 is 15.0 Å². The standard InChI is InChI=1S/C12H13Br2N3O/c13-10-6-9(15)7-11(14)12(10)18-5-1-3-17-4-2-16-8-17/h2,4,6-8H,1,3,5,15H2. The number of nitrogen functional groups attached to an aromatic ring is 1. The van der Waals surface area contributed by atoms with Crippen LogP contribution in [0.15, 0.2) is 39.8 Å². The predicted molar refractivity (Wildman–Crippen MR) is 78.6 cm³/mol. The molecule has 0 fully saturated rings. The van der Waals surface area contributed by atoms with Gasteiger partial charge in [0, 0.05) is 24.6 Å². The first kappa shape index (κ1) is 13.4.